The number of benzene rings is 1. The zero-order chi connectivity index (χ0) is 12.4. The molecule has 3 N–H and O–H groups in total. The summed E-state index contributed by atoms with van der Waals surface area (Å²) in [5.74, 6) is -0.422. The molecule has 0 aliphatic carbocycles. The molecule has 1 amide bonds. The van der Waals surface area contributed by atoms with Gasteiger partial charge >= 0.3 is 0 Å². The van der Waals surface area contributed by atoms with Crippen LogP contribution in [-0.2, 0) is 6.54 Å². The van der Waals surface area contributed by atoms with Gasteiger partial charge in [0, 0.05) is 5.56 Å². The maximum atomic E-state index is 11.0. The molecule has 2 aromatic rings. The van der Waals surface area contributed by atoms with E-state index in [1.54, 1.807) is 25.1 Å². The van der Waals surface area contributed by atoms with Gasteiger partial charge in [-0.2, -0.15) is 0 Å². The monoisotopic (exact) mass is 232 g/mol. The molecule has 0 saturated carbocycles. The summed E-state index contributed by atoms with van der Waals surface area (Å²) in [6.07, 6.45) is 0. The molecule has 2 rings (SSSR count). The molecule has 0 saturated heterocycles. The lowest BCUT2D eigenvalue weighted by Crippen LogP contribution is -2.13. The number of hydrogen-bond acceptors (Lipinski definition) is 4. The summed E-state index contributed by atoms with van der Waals surface area (Å²) in [7, 11) is 0. The Balaban J connectivity index is 2.31. The van der Waals surface area contributed by atoms with Gasteiger partial charge in [0.15, 0.2) is 5.69 Å². The number of nitrogens with zero attached hydrogens (tertiary/aromatic N) is 3. The third-order valence-electron chi connectivity index (χ3n) is 2.53. The third kappa shape index (κ3) is 2.10. The number of phenols is 1. The van der Waals surface area contributed by atoms with Gasteiger partial charge in [-0.1, -0.05) is 23.4 Å². The van der Waals surface area contributed by atoms with Crippen molar-refractivity contribution in [2.75, 3.05) is 0 Å². The summed E-state index contributed by atoms with van der Waals surface area (Å²) in [5.41, 5.74) is 6.59. The average molecular weight is 232 g/mol. The molecule has 0 bridgehead atoms. The number of para-hydroxylation sites is 1. The van der Waals surface area contributed by atoms with E-state index in [2.05, 4.69) is 10.3 Å². The Labute approximate surface area is 97.7 Å². The van der Waals surface area contributed by atoms with Crippen LogP contribution in [0.5, 0.6) is 5.75 Å². The lowest BCUT2D eigenvalue weighted by molar-refractivity contribution is 0.0995. The quantitative estimate of drug-likeness (QED) is 0.802. The van der Waals surface area contributed by atoms with E-state index in [1.807, 2.05) is 6.07 Å². The molecule has 1 aromatic carbocycles. The molecule has 0 atom stereocenters. The minimum absolute atomic E-state index is 0.153. The van der Waals surface area contributed by atoms with E-state index in [4.69, 9.17) is 5.73 Å². The van der Waals surface area contributed by atoms with Crippen LogP contribution in [0, 0.1) is 6.92 Å². The van der Waals surface area contributed by atoms with Crippen LogP contribution in [0.2, 0.25) is 0 Å². The summed E-state index contributed by atoms with van der Waals surface area (Å²) in [6, 6.07) is 6.93. The first-order valence-electron chi connectivity index (χ1n) is 5.06. The third-order valence-corrected chi connectivity index (χ3v) is 2.53. The molecule has 0 aliphatic heterocycles. The second-order valence-electron chi connectivity index (χ2n) is 3.67. The Bertz CT molecular complexity index is 562. The highest BCUT2D eigenvalue weighted by molar-refractivity contribution is 5.91. The Morgan fingerprint density at radius 2 is 2.18 bits per heavy atom. The average Bonchev–Trinajstić information content (AvgIpc) is 2.64. The molecule has 0 radical (unpaired) electrons. The van der Waals surface area contributed by atoms with Crippen molar-refractivity contribution in [2.45, 2.75) is 13.5 Å². The minimum Gasteiger partial charge on any atom is -0.508 e. The summed E-state index contributed by atoms with van der Waals surface area (Å²) >= 11 is 0. The van der Waals surface area contributed by atoms with Crippen LogP contribution in [0.3, 0.4) is 0 Å². The first kappa shape index (κ1) is 11.1. The summed E-state index contributed by atoms with van der Waals surface area (Å²) in [6.45, 7) is 2.05. The number of amides is 1. The lowest BCUT2D eigenvalue weighted by Gasteiger charge is -2.05. The maximum Gasteiger partial charge on any atom is 0.271 e. The van der Waals surface area contributed by atoms with Gasteiger partial charge in [0.2, 0.25) is 0 Å². The molecule has 6 nitrogen and oxygen atoms in total. The second kappa shape index (κ2) is 4.25. The van der Waals surface area contributed by atoms with Crippen LogP contribution in [-0.4, -0.2) is 26.0 Å². The van der Waals surface area contributed by atoms with Gasteiger partial charge in [0.25, 0.3) is 5.91 Å². The number of phenolic OH excluding ortho intramolecular Hbond substituents is 1. The molecular formula is C11H12N4O2. The molecule has 1 heterocycles. The van der Waals surface area contributed by atoms with Crippen LogP contribution < -0.4 is 5.73 Å². The number of aromatic nitrogens is 3. The van der Waals surface area contributed by atoms with Gasteiger partial charge in [-0.25, -0.2) is 4.68 Å². The number of carbonyl (C=O) groups is 1. The smallest absolute Gasteiger partial charge is 0.271 e. The van der Waals surface area contributed by atoms with E-state index in [0.717, 1.165) is 0 Å². The number of rotatable bonds is 3. The summed E-state index contributed by atoms with van der Waals surface area (Å²) in [4.78, 5) is 11.0. The van der Waals surface area contributed by atoms with Crippen molar-refractivity contribution in [1.29, 1.82) is 0 Å². The van der Waals surface area contributed by atoms with Crippen molar-refractivity contribution >= 4 is 5.91 Å². The fourth-order valence-electron chi connectivity index (χ4n) is 1.54. The molecule has 0 spiro atoms. The van der Waals surface area contributed by atoms with Crippen LogP contribution in [0.4, 0.5) is 0 Å². The van der Waals surface area contributed by atoms with Gasteiger partial charge < -0.3 is 10.8 Å². The van der Waals surface area contributed by atoms with Gasteiger partial charge in [-0.05, 0) is 13.0 Å². The Morgan fingerprint density at radius 3 is 2.76 bits per heavy atom. The molecule has 0 fully saturated rings. The van der Waals surface area contributed by atoms with E-state index in [1.165, 1.54) is 4.68 Å². The largest absolute Gasteiger partial charge is 0.508 e. The molecule has 17 heavy (non-hydrogen) atoms. The molecular weight excluding hydrogens is 220 g/mol. The van der Waals surface area contributed by atoms with Crippen molar-refractivity contribution in [1.82, 2.24) is 15.0 Å². The molecule has 0 unspecified atom stereocenters. The number of hydrogen-bond donors (Lipinski definition) is 2. The summed E-state index contributed by atoms with van der Waals surface area (Å²) in [5, 5.41) is 17.2. The van der Waals surface area contributed by atoms with Crippen LogP contribution in [0.15, 0.2) is 24.3 Å². The van der Waals surface area contributed by atoms with E-state index in [-0.39, 0.29) is 11.4 Å². The SMILES string of the molecule is Cc1c(C(N)=O)nnn1Cc1ccccc1O. The number of carbonyl (C=O) groups excluding carboxylic acids is 1. The van der Waals surface area contributed by atoms with E-state index in [0.29, 0.717) is 17.8 Å². The predicted octanol–water partition coefficient (Wildman–Crippen LogP) is 0.439. The van der Waals surface area contributed by atoms with Crippen molar-refractivity contribution in [2.24, 2.45) is 5.73 Å². The second-order valence-corrected chi connectivity index (χ2v) is 3.67. The van der Waals surface area contributed by atoms with Gasteiger partial charge in [-0.15, -0.1) is 5.10 Å². The number of aromatic hydroxyl groups is 1. The van der Waals surface area contributed by atoms with Gasteiger partial charge in [0.1, 0.15) is 5.75 Å². The topological polar surface area (TPSA) is 94.0 Å². The Hall–Kier alpha value is -2.37. The van der Waals surface area contributed by atoms with Crippen LogP contribution >= 0.6 is 0 Å². The Morgan fingerprint density at radius 1 is 1.47 bits per heavy atom. The first-order valence-corrected chi connectivity index (χ1v) is 5.06. The van der Waals surface area contributed by atoms with Crippen molar-refractivity contribution in [3.63, 3.8) is 0 Å². The maximum absolute atomic E-state index is 11.0. The normalized spacial score (nSPS) is 10.4. The molecule has 6 heteroatoms. The molecule has 1 aromatic heterocycles. The van der Waals surface area contributed by atoms with Crippen molar-refractivity contribution in [3.05, 3.63) is 41.2 Å². The minimum atomic E-state index is -0.606. The zero-order valence-electron chi connectivity index (χ0n) is 9.29. The van der Waals surface area contributed by atoms with E-state index >= 15 is 0 Å². The Kier molecular flexibility index (Phi) is 2.78. The summed E-state index contributed by atoms with van der Waals surface area (Å²) < 4.78 is 1.52. The molecule has 88 valence electrons. The van der Waals surface area contributed by atoms with Crippen molar-refractivity contribution < 1.29 is 9.90 Å². The van der Waals surface area contributed by atoms with Gasteiger partial charge in [-0.3, -0.25) is 4.79 Å². The fourth-order valence-corrected chi connectivity index (χ4v) is 1.54. The standard InChI is InChI=1S/C11H12N4O2/c1-7-10(11(12)17)13-14-15(7)6-8-4-2-3-5-9(8)16/h2-5,16H,6H2,1H3,(H2,12,17). The highest BCUT2D eigenvalue weighted by Gasteiger charge is 2.14. The predicted molar refractivity (Wildman–Crippen MR) is 60.5 cm³/mol. The van der Waals surface area contributed by atoms with E-state index < -0.39 is 5.91 Å². The fraction of sp³-hybridized carbons (Fsp3) is 0.182. The van der Waals surface area contributed by atoms with Crippen LogP contribution in [0.1, 0.15) is 21.7 Å². The van der Waals surface area contributed by atoms with Gasteiger partial charge in [0.05, 0.1) is 12.2 Å². The number of nitrogens with two attached hydrogens (primary N) is 1. The highest BCUT2D eigenvalue weighted by atomic mass is 16.3. The van der Waals surface area contributed by atoms with E-state index in [9.17, 15) is 9.90 Å². The lowest BCUT2D eigenvalue weighted by atomic mass is 10.2. The number of primary amides is 1. The van der Waals surface area contributed by atoms with Crippen LogP contribution in [0.25, 0.3) is 0 Å². The highest BCUT2D eigenvalue weighted by Crippen LogP contribution is 2.17. The molecule has 0 aliphatic rings. The van der Waals surface area contributed by atoms with Crippen molar-refractivity contribution in [3.8, 4) is 5.75 Å². The zero-order valence-corrected chi connectivity index (χ0v) is 9.29. The first-order chi connectivity index (χ1) is 8.09.